The molecule has 2 rings (SSSR count). The van der Waals surface area contributed by atoms with Gasteiger partial charge >= 0.3 is 0 Å². The van der Waals surface area contributed by atoms with Crippen LogP contribution in [0.1, 0.15) is 33.6 Å². The predicted octanol–water partition coefficient (Wildman–Crippen LogP) is 3.33. The minimum Gasteiger partial charge on any atom is -0.382 e. The summed E-state index contributed by atoms with van der Waals surface area (Å²) in [6, 6.07) is 3.60. The summed E-state index contributed by atoms with van der Waals surface area (Å²) in [5, 5.41) is 5.20. The van der Waals surface area contributed by atoms with Crippen molar-refractivity contribution in [3.63, 3.8) is 0 Å². The minimum absolute atomic E-state index is 0.000529. The van der Waals surface area contributed by atoms with E-state index in [4.69, 9.17) is 4.74 Å². The van der Waals surface area contributed by atoms with Crippen LogP contribution >= 0.6 is 22.7 Å². The number of nitrogens with zero attached hydrogens (tertiary/aromatic N) is 2. The summed E-state index contributed by atoms with van der Waals surface area (Å²) in [7, 11) is 0. The second-order valence-electron chi connectivity index (χ2n) is 5.46. The normalized spacial score (nSPS) is 10.7. The summed E-state index contributed by atoms with van der Waals surface area (Å²) in [6.07, 6.45) is 0.688. The van der Waals surface area contributed by atoms with Gasteiger partial charge in [0.05, 0.1) is 10.6 Å². The largest absolute Gasteiger partial charge is 0.382 e. The van der Waals surface area contributed by atoms with Gasteiger partial charge in [-0.3, -0.25) is 9.59 Å². The maximum Gasteiger partial charge on any atom is 0.264 e. The highest BCUT2D eigenvalue weighted by Crippen LogP contribution is 2.21. The first-order valence-corrected chi connectivity index (χ1v) is 9.85. The molecule has 0 atom stereocenters. The molecule has 6 nitrogen and oxygen atoms in total. The van der Waals surface area contributed by atoms with Crippen molar-refractivity contribution in [2.24, 2.45) is 0 Å². The summed E-state index contributed by atoms with van der Waals surface area (Å²) in [5.74, 6) is -0.372. The third-order valence-corrected chi connectivity index (χ3v) is 5.40. The number of carbonyl (C=O) groups is 2. The number of thiazole rings is 1. The Morgan fingerprint density at radius 1 is 1.36 bits per heavy atom. The molecule has 0 aliphatic heterocycles. The number of amides is 2. The summed E-state index contributed by atoms with van der Waals surface area (Å²) < 4.78 is 5.33. The van der Waals surface area contributed by atoms with E-state index < -0.39 is 0 Å². The summed E-state index contributed by atoms with van der Waals surface area (Å²) >= 11 is 2.81. The van der Waals surface area contributed by atoms with Crippen LogP contribution in [0.2, 0.25) is 0 Å². The van der Waals surface area contributed by atoms with Crippen LogP contribution in [0.4, 0.5) is 5.13 Å². The van der Waals surface area contributed by atoms with Crippen LogP contribution < -0.4 is 5.32 Å². The van der Waals surface area contributed by atoms with E-state index in [9.17, 15) is 9.59 Å². The van der Waals surface area contributed by atoms with Crippen molar-refractivity contribution in [3.05, 3.63) is 33.0 Å². The van der Waals surface area contributed by atoms with Gasteiger partial charge in [-0.05, 0) is 38.6 Å². The van der Waals surface area contributed by atoms with Crippen molar-refractivity contribution >= 4 is 39.6 Å². The number of thiophene rings is 1. The Labute approximate surface area is 155 Å². The molecule has 0 radical (unpaired) electrons. The summed E-state index contributed by atoms with van der Waals surface area (Å²) in [5.41, 5.74) is 0.906. The fraction of sp³-hybridized carbons (Fsp3) is 0.471. The molecular formula is C17H23N3O3S2. The second kappa shape index (κ2) is 9.65. The topological polar surface area (TPSA) is 71.5 Å². The zero-order chi connectivity index (χ0) is 18.2. The molecule has 2 aromatic heterocycles. The van der Waals surface area contributed by atoms with E-state index in [1.54, 1.807) is 11.0 Å². The van der Waals surface area contributed by atoms with Crippen LogP contribution in [0.15, 0.2) is 17.5 Å². The molecule has 2 aromatic rings. The highest BCUT2D eigenvalue weighted by molar-refractivity contribution is 7.15. The van der Waals surface area contributed by atoms with E-state index in [1.807, 2.05) is 32.2 Å². The van der Waals surface area contributed by atoms with Gasteiger partial charge in [0, 0.05) is 24.6 Å². The first-order valence-electron chi connectivity index (χ1n) is 8.15. The molecule has 25 heavy (non-hydrogen) atoms. The molecule has 136 valence electrons. The molecule has 0 saturated heterocycles. The Morgan fingerprint density at radius 2 is 2.16 bits per heavy atom. The number of hydrogen-bond donors (Lipinski definition) is 1. The fourth-order valence-electron chi connectivity index (χ4n) is 2.17. The molecule has 0 spiro atoms. The minimum atomic E-state index is -0.241. The average Bonchev–Trinajstić information content (AvgIpc) is 3.20. The van der Waals surface area contributed by atoms with Crippen LogP contribution in [0.3, 0.4) is 0 Å². The van der Waals surface area contributed by atoms with Crippen LogP contribution in [0, 0.1) is 13.8 Å². The molecule has 0 fully saturated rings. The SMILES string of the molecule is CCOCCCN(CC(=O)Nc1nc(C)c(C)s1)C(=O)c1cccs1. The Balaban J connectivity index is 1.98. The summed E-state index contributed by atoms with van der Waals surface area (Å²) in [6.45, 7) is 7.48. The van der Waals surface area contributed by atoms with E-state index in [0.717, 1.165) is 10.6 Å². The Bertz CT molecular complexity index is 679. The van der Waals surface area contributed by atoms with Gasteiger partial charge in [-0.1, -0.05) is 6.07 Å². The maximum absolute atomic E-state index is 12.6. The van der Waals surface area contributed by atoms with Gasteiger partial charge in [-0.25, -0.2) is 4.98 Å². The lowest BCUT2D eigenvalue weighted by atomic mass is 10.3. The molecule has 0 aliphatic rings. The molecule has 0 aromatic carbocycles. The Hall–Kier alpha value is -1.77. The van der Waals surface area contributed by atoms with Gasteiger partial charge in [0.15, 0.2) is 5.13 Å². The molecule has 1 N–H and O–H groups in total. The fourth-order valence-corrected chi connectivity index (χ4v) is 3.69. The molecule has 2 amide bonds. The number of ether oxygens (including phenoxy) is 1. The van der Waals surface area contributed by atoms with Crippen molar-refractivity contribution < 1.29 is 14.3 Å². The molecule has 0 bridgehead atoms. The number of aryl methyl sites for hydroxylation is 2. The molecule has 0 aliphatic carbocycles. The van der Waals surface area contributed by atoms with Crippen molar-refractivity contribution in [3.8, 4) is 0 Å². The van der Waals surface area contributed by atoms with Crippen LogP contribution in [-0.4, -0.2) is 48.0 Å². The number of anilines is 1. The van der Waals surface area contributed by atoms with E-state index >= 15 is 0 Å². The molecule has 2 heterocycles. The lowest BCUT2D eigenvalue weighted by Gasteiger charge is -2.21. The van der Waals surface area contributed by atoms with Crippen molar-refractivity contribution in [1.82, 2.24) is 9.88 Å². The third-order valence-electron chi connectivity index (χ3n) is 3.55. The zero-order valence-corrected chi connectivity index (χ0v) is 16.3. The monoisotopic (exact) mass is 381 g/mol. The Morgan fingerprint density at radius 3 is 2.76 bits per heavy atom. The maximum atomic E-state index is 12.6. The molecule has 0 saturated carbocycles. The average molecular weight is 382 g/mol. The van der Waals surface area contributed by atoms with Crippen molar-refractivity contribution in [1.29, 1.82) is 0 Å². The van der Waals surface area contributed by atoms with Gasteiger partial charge in [0.2, 0.25) is 5.91 Å². The van der Waals surface area contributed by atoms with E-state index in [-0.39, 0.29) is 18.4 Å². The van der Waals surface area contributed by atoms with Gasteiger partial charge in [-0.2, -0.15) is 0 Å². The smallest absolute Gasteiger partial charge is 0.264 e. The third kappa shape index (κ3) is 5.91. The first kappa shape index (κ1) is 19.6. The quantitative estimate of drug-likeness (QED) is 0.676. The van der Waals surface area contributed by atoms with Crippen LogP contribution in [-0.2, 0) is 9.53 Å². The number of aromatic nitrogens is 1. The lowest BCUT2D eigenvalue weighted by Crippen LogP contribution is -2.38. The van der Waals surface area contributed by atoms with E-state index in [1.165, 1.54) is 22.7 Å². The number of hydrogen-bond acceptors (Lipinski definition) is 6. The molecular weight excluding hydrogens is 358 g/mol. The predicted molar refractivity (Wildman–Crippen MR) is 102 cm³/mol. The van der Waals surface area contributed by atoms with Gasteiger partial charge in [0.25, 0.3) is 5.91 Å². The van der Waals surface area contributed by atoms with Crippen molar-refractivity contribution in [2.45, 2.75) is 27.2 Å². The summed E-state index contributed by atoms with van der Waals surface area (Å²) in [4.78, 5) is 32.5. The Kier molecular flexibility index (Phi) is 7.54. The molecule has 8 heteroatoms. The van der Waals surface area contributed by atoms with Gasteiger partial charge in [-0.15, -0.1) is 22.7 Å². The van der Waals surface area contributed by atoms with E-state index in [2.05, 4.69) is 10.3 Å². The number of rotatable bonds is 9. The number of carbonyl (C=O) groups excluding carboxylic acids is 2. The van der Waals surface area contributed by atoms with Gasteiger partial charge in [0.1, 0.15) is 6.54 Å². The second-order valence-corrected chi connectivity index (χ2v) is 7.61. The lowest BCUT2D eigenvalue weighted by molar-refractivity contribution is -0.116. The highest BCUT2D eigenvalue weighted by atomic mass is 32.1. The van der Waals surface area contributed by atoms with Gasteiger partial charge < -0.3 is 15.0 Å². The zero-order valence-electron chi connectivity index (χ0n) is 14.7. The standard InChI is InChI=1S/C17H23N3O3S2/c1-4-23-9-6-8-20(16(22)14-7-5-10-24-14)11-15(21)19-17-18-12(2)13(3)25-17/h5,7,10H,4,6,8-9,11H2,1-3H3,(H,18,19,21). The number of nitrogens with one attached hydrogen (secondary N) is 1. The highest BCUT2D eigenvalue weighted by Gasteiger charge is 2.20. The molecule has 0 unspecified atom stereocenters. The van der Waals surface area contributed by atoms with Crippen molar-refractivity contribution in [2.75, 3.05) is 31.6 Å². The van der Waals surface area contributed by atoms with Crippen LogP contribution in [0.5, 0.6) is 0 Å². The van der Waals surface area contributed by atoms with Crippen LogP contribution in [0.25, 0.3) is 0 Å². The van der Waals surface area contributed by atoms with E-state index in [0.29, 0.717) is 36.2 Å². The first-order chi connectivity index (χ1) is 12.0.